The fraction of sp³-hybridized carbons (Fsp3) is 0.444. The van der Waals surface area contributed by atoms with Gasteiger partial charge in [0.05, 0.1) is 0 Å². The highest BCUT2D eigenvalue weighted by molar-refractivity contribution is 5.73. The Hall–Kier alpha value is -1.70. The summed E-state index contributed by atoms with van der Waals surface area (Å²) in [5.41, 5.74) is 6.32. The molecule has 20 heavy (non-hydrogen) atoms. The molecule has 0 radical (unpaired) electrons. The van der Waals surface area contributed by atoms with Crippen LogP contribution in [0.4, 0.5) is 0 Å². The van der Waals surface area contributed by atoms with Gasteiger partial charge in [0, 0.05) is 25.2 Å². The molecule has 0 N–H and O–H groups in total. The molecule has 2 heteroatoms. The molecule has 1 heterocycles. The Morgan fingerprint density at radius 1 is 1.30 bits per heavy atom. The van der Waals surface area contributed by atoms with Crippen LogP contribution in [0, 0.1) is 0 Å². The summed E-state index contributed by atoms with van der Waals surface area (Å²) in [4.78, 5) is 8.54. The maximum atomic E-state index is 4.52. The maximum absolute atomic E-state index is 4.52. The summed E-state index contributed by atoms with van der Waals surface area (Å²) in [6, 6.07) is 2.24. The molecule has 0 atom stereocenters. The van der Waals surface area contributed by atoms with Gasteiger partial charge >= 0.3 is 0 Å². The topological polar surface area (TPSA) is 25.2 Å². The lowest BCUT2D eigenvalue weighted by Crippen LogP contribution is -1.99. The van der Waals surface area contributed by atoms with Crippen molar-refractivity contribution in [3.05, 3.63) is 52.9 Å². The Bertz CT molecular complexity index is 510. The van der Waals surface area contributed by atoms with Crippen LogP contribution >= 0.6 is 0 Å². The van der Waals surface area contributed by atoms with Crippen molar-refractivity contribution < 1.29 is 0 Å². The Morgan fingerprint density at radius 3 is 2.60 bits per heavy atom. The average Bonchev–Trinajstić information content (AvgIpc) is 2.46. The number of hydrogen-bond donors (Lipinski definition) is 0. The zero-order chi connectivity index (χ0) is 15.0. The second-order valence-electron chi connectivity index (χ2n) is 5.03. The number of rotatable bonds is 7. The van der Waals surface area contributed by atoms with Crippen LogP contribution < -0.4 is 0 Å². The average molecular weight is 270 g/mol. The number of aromatic nitrogens is 1. The van der Waals surface area contributed by atoms with E-state index in [0.29, 0.717) is 0 Å². The standard InChI is InChI=1S/C18H26N2/c1-6-15-12-18(7-2)20-13-17(15)9-8-16(14(3)4)10-11-19-5/h10-13H,3,6-9H2,1-2,4-5H3/b16-10-,19-11?. The van der Waals surface area contributed by atoms with Crippen LogP contribution in [0.2, 0.25) is 0 Å². The molecule has 0 aliphatic carbocycles. The molecule has 1 rings (SSSR count). The van der Waals surface area contributed by atoms with E-state index >= 15 is 0 Å². The van der Waals surface area contributed by atoms with Gasteiger partial charge < -0.3 is 0 Å². The minimum absolute atomic E-state index is 0.988. The van der Waals surface area contributed by atoms with Gasteiger partial charge in [-0.05, 0) is 61.4 Å². The molecule has 0 aromatic carbocycles. The van der Waals surface area contributed by atoms with Gasteiger partial charge in [-0.3, -0.25) is 9.98 Å². The van der Waals surface area contributed by atoms with Crippen LogP contribution in [-0.4, -0.2) is 18.2 Å². The molecule has 2 nitrogen and oxygen atoms in total. The third kappa shape index (κ3) is 4.76. The Labute approximate surface area is 123 Å². The number of aryl methyl sites for hydroxylation is 3. The number of nitrogens with zero attached hydrogens (tertiary/aromatic N) is 2. The van der Waals surface area contributed by atoms with Crippen molar-refractivity contribution in [1.82, 2.24) is 4.98 Å². The summed E-state index contributed by atoms with van der Waals surface area (Å²) in [7, 11) is 1.79. The van der Waals surface area contributed by atoms with Gasteiger partial charge in [0.15, 0.2) is 0 Å². The molecule has 0 bridgehead atoms. The first kappa shape index (κ1) is 16.4. The molecular weight excluding hydrogens is 244 g/mol. The maximum Gasteiger partial charge on any atom is 0.0403 e. The third-order valence-corrected chi connectivity index (χ3v) is 3.52. The smallest absolute Gasteiger partial charge is 0.0403 e. The van der Waals surface area contributed by atoms with Crippen LogP contribution in [0.1, 0.15) is 44.0 Å². The molecule has 0 amide bonds. The van der Waals surface area contributed by atoms with E-state index in [1.807, 2.05) is 12.4 Å². The minimum atomic E-state index is 0.988. The quantitative estimate of drug-likeness (QED) is 0.534. The van der Waals surface area contributed by atoms with Gasteiger partial charge in [-0.25, -0.2) is 0 Å². The lowest BCUT2D eigenvalue weighted by Gasteiger charge is -2.11. The number of allylic oxidation sites excluding steroid dienone is 3. The SMILES string of the molecule is C=C(C)/C(=C\C=NC)CCc1cnc(CC)cc1CC. The number of aliphatic imine (C=N–C) groups is 1. The Balaban J connectivity index is 2.85. The van der Waals surface area contributed by atoms with Crippen molar-refractivity contribution in [3.8, 4) is 0 Å². The predicted molar refractivity (Wildman–Crippen MR) is 88.6 cm³/mol. The number of pyridine rings is 1. The van der Waals surface area contributed by atoms with Crippen LogP contribution in [0.25, 0.3) is 0 Å². The van der Waals surface area contributed by atoms with Gasteiger partial charge in [0.1, 0.15) is 0 Å². The molecule has 108 valence electrons. The van der Waals surface area contributed by atoms with E-state index in [-0.39, 0.29) is 0 Å². The predicted octanol–water partition coefficient (Wildman–Crippen LogP) is 4.34. The van der Waals surface area contributed by atoms with Crippen molar-refractivity contribution in [2.45, 2.75) is 46.5 Å². The van der Waals surface area contributed by atoms with Gasteiger partial charge in [-0.2, -0.15) is 0 Å². The monoisotopic (exact) mass is 270 g/mol. The van der Waals surface area contributed by atoms with E-state index in [4.69, 9.17) is 0 Å². The second-order valence-corrected chi connectivity index (χ2v) is 5.03. The van der Waals surface area contributed by atoms with Crippen molar-refractivity contribution in [3.63, 3.8) is 0 Å². The van der Waals surface area contributed by atoms with Gasteiger partial charge in [-0.15, -0.1) is 0 Å². The highest BCUT2D eigenvalue weighted by Gasteiger charge is 2.05. The van der Waals surface area contributed by atoms with E-state index in [9.17, 15) is 0 Å². The lowest BCUT2D eigenvalue weighted by atomic mass is 9.96. The first-order chi connectivity index (χ1) is 9.62. The Morgan fingerprint density at radius 2 is 2.05 bits per heavy atom. The van der Waals surface area contributed by atoms with E-state index in [2.05, 4.69) is 49.5 Å². The largest absolute Gasteiger partial charge is 0.297 e. The summed E-state index contributed by atoms with van der Waals surface area (Å²) < 4.78 is 0. The van der Waals surface area contributed by atoms with Crippen molar-refractivity contribution in [2.24, 2.45) is 4.99 Å². The molecule has 0 aliphatic rings. The van der Waals surface area contributed by atoms with E-state index in [0.717, 1.165) is 31.3 Å². The molecular formula is C18H26N2. The Kier molecular flexibility index (Phi) is 6.92. The van der Waals surface area contributed by atoms with Crippen molar-refractivity contribution in [2.75, 3.05) is 7.05 Å². The van der Waals surface area contributed by atoms with E-state index in [1.54, 1.807) is 7.05 Å². The summed E-state index contributed by atoms with van der Waals surface area (Å²) >= 11 is 0. The molecule has 0 spiro atoms. The molecule has 0 saturated heterocycles. The zero-order valence-corrected chi connectivity index (χ0v) is 13.2. The molecule has 1 aromatic heterocycles. The first-order valence-corrected chi connectivity index (χ1v) is 7.36. The van der Waals surface area contributed by atoms with E-state index in [1.165, 1.54) is 22.4 Å². The fourth-order valence-corrected chi connectivity index (χ4v) is 2.20. The zero-order valence-electron chi connectivity index (χ0n) is 13.2. The van der Waals surface area contributed by atoms with Crippen LogP contribution in [0.5, 0.6) is 0 Å². The van der Waals surface area contributed by atoms with Crippen LogP contribution in [0.15, 0.2) is 41.1 Å². The highest BCUT2D eigenvalue weighted by Crippen LogP contribution is 2.18. The minimum Gasteiger partial charge on any atom is -0.297 e. The van der Waals surface area contributed by atoms with Crippen LogP contribution in [0.3, 0.4) is 0 Å². The van der Waals surface area contributed by atoms with Gasteiger partial charge in [0.25, 0.3) is 0 Å². The lowest BCUT2D eigenvalue weighted by molar-refractivity contribution is 0.896. The molecule has 0 saturated carbocycles. The molecule has 0 fully saturated rings. The first-order valence-electron chi connectivity index (χ1n) is 7.36. The molecule has 0 unspecified atom stereocenters. The molecule has 1 aromatic rings. The third-order valence-electron chi connectivity index (χ3n) is 3.52. The fourth-order valence-electron chi connectivity index (χ4n) is 2.20. The summed E-state index contributed by atoms with van der Waals surface area (Å²) in [5.74, 6) is 0. The van der Waals surface area contributed by atoms with Crippen molar-refractivity contribution in [1.29, 1.82) is 0 Å². The van der Waals surface area contributed by atoms with Gasteiger partial charge in [-0.1, -0.05) is 26.0 Å². The number of hydrogen-bond acceptors (Lipinski definition) is 2. The summed E-state index contributed by atoms with van der Waals surface area (Å²) in [5, 5.41) is 0. The summed E-state index contributed by atoms with van der Waals surface area (Å²) in [6.07, 6.45) is 10.00. The van der Waals surface area contributed by atoms with Gasteiger partial charge in [0.2, 0.25) is 0 Å². The second kappa shape index (κ2) is 8.47. The molecule has 0 aliphatic heterocycles. The van der Waals surface area contributed by atoms with Crippen LogP contribution in [-0.2, 0) is 19.3 Å². The van der Waals surface area contributed by atoms with E-state index < -0.39 is 0 Å². The summed E-state index contributed by atoms with van der Waals surface area (Å²) in [6.45, 7) is 10.4. The normalized spacial score (nSPS) is 12.1. The van der Waals surface area contributed by atoms with Crippen molar-refractivity contribution >= 4 is 6.21 Å². The highest BCUT2D eigenvalue weighted by atomic mass is 14.7.